The number of primary amides is 1. The summed E-state index contributed by atoms with van der Waals surface area (Å²) in [4.78, 5) is 10.4. The van der Waals surface area contributed by atoms with Crippen LogP contribution in [0.2, 0.25) is 0 Å². The smallest absolute Gasteiger partial charge is 0.326 e. The van der Waals surface area contributed by atoms with E-state index in [0.717, 1.165) is 19.4 Å². The number of nitrogens with two attached hydrogens (primary N) is 2. The van der Waals surface area contributed by atoms with Crippen LogP contribution in [0, 0.1) is 0 Å². The SMILES string of the molecule is NCC1CCCN1NC(N)=O. The molecule has 1 rings (SSSR count). The van der Waals surface area contributed by atoms with Crippen molar-refractivity contribution in [3.8, 4) is 0 Å². The van der Waals surface area contributed by atoms with Crippen LogP contribution in [0.3, 0.4) is 0 Å². The predicted octanol–water partition coefficient (Wildman–Crippen LogP) is -1.01. The molecule has 1 atom stereocenters. The standard InChI is InChI=1S/C6H14N4O/c7-4-5-2-1-3-10(5)9-6(8)11/h5H,1-4,7H2,(H3,8,9,11). The van der Waals surface area contributed by atoms with Crippen molar-refractivity contribution in [1.29, 1.82) is 0 Å². The van der Waals surface area contributed by atoms with Crippen LogP contribution in [0.5, 0.6) is 0 Å². The van der Waals surface area contributed by atoms with Gasteiger partial charge in [-0.05, 0) is 12.8 Å². The first-order valence-electron chi connectivity index (χ1n) is 3.77. The first-order chi connectivity index (χ1) is 5.24. The highest BCUT2D eigenvalue weighted by Crippen LogP contribution is 2.12. The van der Waals surface area contributed by atoms with Crippen LogP contribution in [0.25, 0.3) is 0 Å². The summed E-state index contributed by atoms with van der Waals surface area (Å²) >= 11 is 0. The number of nitrogens with zero attached hydrogens (tertiary/aromatic N) is 1. The summed E-state index contributed by atoms with van der Waals surface area (Å²) < 4.78 is 0. The van der Waals surface area contributed by atoms with Crippen molar-refractivity contribution in [3.63, 3.8) is 0 Å². The predicted molar refractivity (Wildman–Crippen MR) is 41.5 cm³/mol. The third kappa shape index (κ3) is 2.06. The van der Waals surface area contributed by atoms with Crippen molar-refractivity contribution in [2.45, 2.75) is 18.9 Å². The minimum absolute atomic E-state index is 0.266. The van der Waals surface area contributed by atoms with E-state index in [0.29, 0.717) is 6.54 Å². The number of hydrogen-bond donors (Lipinski definition) is 3. The number of urea groups is 1. The summed E-state index contributed by atoms with van der Waals surface area (Å²) in [6, 6.07) is -0.243. The van der Waals surface area contributed by atoms with Crippen molar-refractivity contribution in [2.24, 2.45) is 11.5 Å². The number of rotatable bonds is 2. The van der Waals surface area contributed by atoms with Crippen LogP contribution >= 0.6 is 0 Å². The maximum Gasteiger partial charge on any atom is 0.326 e. The second-order valence-corrected chi connectivity index (χ2v) is 2.70. The summed E-state index contributed by atoms with van der Waals surface area (Å²) in [5, 5.41) is 1.81. The van der Waals surface area contributed by atoms with Crippen molar-refractivity contribution in [1.82, 2.24) is 10.4 Å². The second-order valence-electron chi connectivity index (χ2n) is 2.70. The van der Waals surface area contributed by atoms with Crippen LogP contribution in [0.15, 0.2) is 0 Å². The van der Waals surface area contributed by atoms with Gasteiger partial charge in [0.15, 0.2) is 0 Å². The molecule has 0 radical (unpaired) electrons. The van der Waals surface area contributed by atoms with Crippen molar-refractivity contribution < 1.29 is 4.79 Å². The van der Waals surface area contributed by atoms with E-state index < -0.39 is 6.03 Å². The molecule has 1 unspecified atom stereocenters. The fourth-order valence-corrected chi connectivity index (χ4v) is 1.37. The Balaban J connectivity index is 2.37. The van der Waals surface area contributed by atoms with E-state index >= 15 is 0 Å². The van der Waals surface area contributed by atoms with E-state index in [1.165, 1.54) is 0 Å². The fraction of sp³-hybridized carbons (Fsp3) is 0.833. The van der Waals surface area contributed by atoms with Crippen LogP contribution < -0.4 is 16.9 Å². The molecule has 0 aliphatic carbocycles. The number of amides is 2. The van der Waals surface area contributed by atoms with E-state index in [-0.39, 0.29) is 6.04 Å². The van der Waals surface area contributed by atoms with Crippen molar-refractivity contribution in [3.05, 3.63) is 0 Å². The molecule has 0 aromatic carbocycles. The van der Waals surface area contributed by atoms with E-state index in [2.05, 4.69) is 5.43 Å². The molecule has 1 fully saturated rings. The molecular weight excluding hydrogens is 144 g/mol. The van der Waals surface area contributed by atoms with Gasteiger partial charge in [0.2, 0.25) is 0 Å². The quantitative estimate of drug-likeness (QED) is 0.481. The van der Waals surface area contributed by atoms with E-state index in [4.69, 9.17) is 11.5 Å². The maximum absolute atomic E-state index is 10.4. The zero-order valence-corrected chi connectivity index (χ0v) is 6.42. The first kappa shape index (κ1) is 8.29. The van der Waals surface area contributed by atoms with E-state index in [1.54, 1.807) is 0 Å². The lowest BCUT2D eigenvalue weighted by Crippen LogP contribution is -2.49. The number of hydrazine groups is 1. The zero-order chi connectivity index (χ0) is 8.27. The van der Waals surface area contributed by atoms with Gasteiger partial charge in [0.1, 0.15) is 0 Å². The third-order valence-electron chi connectivity index (χ3n) is 1.90. The largest absolute Gasteiger partial charge is 0.351 e. The lowest BCUT2D eigenvalue weighted by molar-refractivity contribution is 0.174. The van der Waals surface area contributed by atoms with Gasteiger partial charge in [-0.2, -0.15) is 0 Å². The molecule has 5 N–H and O–H groups in total. The van der Waals surface area contributed by atoms with Gasteiger partial charge in [-0.15, -0.1) is 0 Å². The van der Waals surface area contributed by atoms with Gasteiger partial charge in [0.05, 0.1) is 0 Å². The van der Waals surface area contributed by atoms with Crippen LogP contribution in [0.4, 0.5) is 4.79 Å². The Hall–Kier alpha value is -0.810. The van der Waals surface area contributed by atoms with Gasteiger partial charge in [0, 0.05) is 19.1 Å². The van der Waals surface area contributed by atoms with Crippen molar-refractivity contribution >= 4 is 6.03 Å². The molecule has 1 heterocycles. The highest BCUT2D eigenvalue weighted by molar-refractivity contribution is 5.71. The minimum atomic E-state index is -0.509. The molecule has 1 aliphatic rings. The minimum Gasteiger partial charge on any atom is -0.351 e. The Bertz CT molecular complexity index is 150. The monoisotopic (exact) mass is 158 g/mol. The molecule has 0 bridgehead atoms. The van der Waals surface area contributed by atoms with Gasteiger partial charge in [0.25, 0.3) is 0 Å². The van der Waals surface area contributed by atoms with Gasteiger partial charge < -0.3 is 11.5 Å². The summed E-state index contributed by atoms with van der Waals surface area (Å²) in [7, 11) is 0. The van der Waals surface area contributed by atoms with Gasteiger partial charge in [-0.3, -0.25) is 5.43 Å². The Morgan fingerprint density at radius 1 is 1.73 bits per heavy atom. The van der Waals surface area contributed by atoms with Gasteiger partial charge >= 0.3 is 6.03 Å². The number of hydrogen-bond acceptors (Lipinski definition) is 3. The number of carbonyl (C=O) groups excluding carboxylic acids is 1. The third-order valence-corrected chi connectivity index (χ3v) is 1.90. The summed E-state index contributed by atoms with van der Waals surface area (Å²) in [6.07, 6.45) is 2.11. The average Bonchev–Trinajstić information content (AvgIpc) is 2.34. The summed E-state index contributed by atoms with van der Waals surface area (Å²) in [5.41, 5.74) is 13.0. The molecule has 5 heteroatoms. The molecule has 0 spiro atoms. The van der Waals surface area contributed by atoms with E-state index in [9.17, 15) is 4.79 Å². The molecule has 1 aliphatic heterocycles. The molecule has 0 aromatic heterocycles. The normalized spacial score (nSPS) is 25.4. The van der Waals surface area contributed by atoms with Gasteiger partial charge in [-0.25, -0.2) is 9.80 Å². The Morgan fingerprint density at radius 3 is 3.00 bits per heavy atom. The molecule has 2 amide bonds. The van der Waals surface area contributed by atoms with Crippen LogP contribution in [-0.4, -0.2) is 30.2 Å². The van der Waals surface area contributed by atoms with E-state index in [1.807, 2.05) is 5.01 Å². The number of nitrogens with one attached hydrogen (secondary N) is 1. The molecule has 64 valence electrons. The Kier molecular flexibility index (Phi) is 2.67. The van der Waals surface area contributed by atoms with Crippen LogP contribution in [0.1, 0.15) is 12.8 Å². The topological polar surface area (TPSA) is 84.4 Å². The zero-order valence-electron chi connectivity index (χ0n) is 6.42. The second kappa shape index (κ2) is 3.54. The highest BCUT2D eigenvalue weighted by atomic mass is 16.2. The van der Waals surface area contributed by atoms with Crippen LogP contribution in [-0.2, 0) is 0 Å². The molecule has 11 heavy (non-hydrogen) atoms. The maximum atomic E-state index is 10.4. The lowest BCUT2D eigenvalue weighted by Gasteiger charge is -2.22. The molecule has 0 saturated carbocycles. The Morgan fingerprint density at radius 2 is 2.45 bits per heavy atom. The highest BCUT2D eigenvalue weighted by Gasteiger charge is 2.23. The average molecular weight is 158 g/mol. The Labute approximate surface area is 65.7 Å². The molecule has 0 aromatic rings. The number of carbonyl (C=O) groups is 1. The summed E-state index contributed by atoms with van der Waals surface area (Å²) in [5.74, 6) is 0. The fourth-order valence-electron chi connectivity index (χ4n) is 1.37. The molecule has 5 nitrogen and oxygen atoms in total. The lowest BCUT2D eigenvalue weighted by atomic mass is 10.2. The molecular formula is C6H14N4O. The first-order valence-corrected chi connectivity index (χ1v) is 3.77. The van der Waals surface area contributed by atoms with Crippen molar-refractivity contribution in [2.75, 3.05) is 13.1 Å². The van der Waals surface area contributed by atoms with Gasteiger partial charge in [-0.1, -0.05) is 0 Å². The molecule has 1 saturated heterocycles. The summed E-state index contributed by atoms with van der Waals surface area (Å²) in [6.45, 7) is 1.42.